The normalized spacial score (nSPS) is 13.4. The van der Waals surface area contributed by atoms with Gasteiger partial charge < -0.3 is 5.32 Å². The van der Waals surface area contributed by atoms with Crippen LogP contribution in [0.4, 0.5) is 18.9 Å². The highest BCUT2D eigenvalue weighted by molar-refractivity contribution is 9.10. The summed E-state index contributed by atoms with van der Waals surface area (Å²) in [5, 5.41) is 2.94. The number of alkyl halides is 3. The van der Waals surface area contributed by atoms with Crippen molar-refractivity contribution in [2.24, 2.45) is 0 Å². The van der Waals surface area contributed by atoms with Gasteiger partial charge in [-0.2, -0.15) is 13.2 Å². The molecule has 102 valence electrons. The molecule has 1 nitrogen and oxygen atoms in total. The number of rotatable bonds is 5. The number of unbranched alkanes of at least 4 members (excludes halogenated alkanes) is 1. The minimum atomic E-state index is -4.33. The second-order valence-electron chi connectivity index (χ2n) is 4.38. The standard InChI is InChI=1S/C13H17BrF3N/c1-3-4-5-9(2)18-12-8-10(14)6-7-11(12)13(15,16)17/h6-9,18H,3-5H2,1-2H3. The van der Waals surface area contributed by atoms with Crippen LogP contribution in [0.15, 0.2) is 22.7 Å². The minimum absolute atomic E-state index is 0.0281. The van der Waals surface area contributed by atoms with Crippen LogP contribution in [0.1, 0.15) is 38.7 Å². The Hall–Kier alpha value is -0.710. The lowest BCUT2D eigenvalue weighted by Gasteiger charge is -2.19. The zero-order chi connectivity index (χ0) is 13.8. The van der Waals surface area contributed by atoms with Crippen molar-refractivity contribution < 1.29 is 13.2 Å². The molecule has 0 saturated heterocycles. The summed E-state index contributed by atoms with van der Waals surface area (Å²) in [6.07, 6.45) is -1.42. The highest BCUT2D eigenvalue weighted by Crippen LogP contribution is 2.36. The van der Waals surface area contributed by atoms with Crippen LogP contribution in [0.3, 0.4) is 0 Å². The molecule has 1 aromatic rings. The Kier molecular flexibility index (Phi) is 5.50. The average Bonchev–Trinajstić information content (AvgIpc) is 2.24. The molecule has 5 heteroatoms. The molecule has 1 rings (SSSR count). The fourth-order valence-corrected chi connectivity index (χ4v) is 2.09. The first-order chi connectivity index (χ1) is 8.34. The molecule has 0 aromatic heterocycles. The molecule has 0 aliphatic carbocycles. The van der Waals surface area contributed by atoms with Gasteiger partial charge in [0.15, 0.2) is 0 Å². The van der Waals surface area contributed by atoms with Crippen molar-refractivity contribution >= 4 is 21.6 Å². The number of hydrogen-bond acceptors (Lipinski definition) is 1. The van der Waals surface area contributed by atoms with E-state index in [1.54, 1.807) is 0 Å². The molecule has 1 N–H and O–H groups in total. The molecule has 0 radical (unpaired) electrons. The van der Waals surface area contributed by atoms with Crippen LogP contribution in [0.25, 0.3) is 0 Å². The van der Waals surface area contributed by atoms with Gasteiger partial charge in [0.25, 0.3) is 0 Å². The molecule has 0 saturated carbocycles. The SMILES string of the molecule is CCCCC(C)Nc1cc(Br)ccc1C(F)(F)F. The van der Waals surface area contributed by atoms with Crippen molar-refractivity contribution in [3.05, 3.63) is 28.2 Å². The van der Waals surface area contributed by atoms with E-state index in [0.29, 0.717) is 4.47 Å². The fraction of sp³-hybridized carbons (Fsp3) is 0.538. The van der Waals surface area contributed by atoms with Crippen LogP contribution in [-0.4, -0.2) is 6.04 Å². The van der Waals surface area contributed by atoms with Crippen LogP contribution < -0.4 is 5.32 Å². The van der Waals surface area contributed by atoms with Gasteiger partial charge in [0.05, 0.1) is 5.56 Å². The van der Waals surface area contributed by atoms with Gasteiger partial charge >= 0.3 is 6.18 Å². The van der Waals surface area contributed by atoms with Crippen molar-refractivity contribution in [1.29, 1.82) is 0 Å². The summed E-state index contributed by atoms with van der Waals surface area (Å²) in [5.74, 6) is 0. The molecule has 1 aromatic carbocycles. The highest BCUT2D eigenvalue weighted by Gasteiger charge is 2.33. The molecule has 0 amide bonds. The minimum Gasteiger partial charge on any atom is -0.382 e. The summed E-state index contributed by atoms with van der Waals surface area (Å²) in [5.41, 5.74) is -0.477. The quantitative estimate of drug-likeness (QED) is 0.758. The first-order valence-electron chi connectivity index (χ1n) is 5.98. The topological polar surface area (TPSA) is 12.0 Å². The van der Waals surface area contributed by atoms with E-state index >= 15 is 0 Å². The van der Waals surface area contributed by atoms with E-state index in [4.69, 9.17) is 0 Å². The third-order valence-electron chi connectivity index (χ3n) is 2.68. The van der Waals surface area contributed by atoms with Gasteiger partial charge in [-0.25, -0.2) is 0 Å². The Balaban J connectivity index is 2.89. The second kappa shape index (κ2) is 6.45. The van der Waals surface area contributed by atoms with Crippen molar-refractivity contribution in [2.75, 3.05) is 5.32 Å². The average molecular weight is 324 g/mol. The van der Waals surface area contributed by atoms with Gasteiger partial charge in [0.1, 0.15) is 0 Å². The fourth-order valence-electron chi connectivity index (χ4n) is 1.73. The molecule has 1 atom stereocenters. The summed E-state index contributed by atoms with van der Waals surface area (Å²) < 4.78 is 39.1. The largest absolute Gasteiger partial charge is 0.418 e. The lowest BCUT2D eigenvalue weighted by molar-refractivity contribution is -0.137. The summed E-state index contributed by atoms with van der Waals surface area (Å²) in [6, 6.07) is 4.01. The van der Waals surface area contributed by atoms with Crippen molar-refractivity contribution in [2.45, 2.75) is 45.3 Å². The van der Waals surface area contributed by atoms with Gasteiger partial charge in [0.2, 0.25) is 0 Å². The maximum absolute atomic E-state index is 12.8. The zero-order valence-corrected chi connectivity index (χ0v) is 12.0. The van der Waals surface area contributed by atoms with Crippen LogP contribution in [-0.2, 0) is 6.18 Å². The predicted octanol–water partition coefficient (Wildman–Crippen LogP) is 5.46. The zero-order valence-electron chi connectivity index (χ0n) is 10.4. The van der Waals surface area contributed by atoms with Crippen molar-refractivity contribution in [3.8, 4) is 0 Å². The third kappa shape index (κ3) is 4.52. The number of hydrogen-bond donors (Lipinski definition) is 1. The van der Waals surface area contributed by atoms with Gasteiger partial charge in [-0.05, 0) is 31.5 Å². The second-order valence-corrected chi connectivity index (χ2v) is 5.29. The monoisotopic (exact) mass is 323 g/mol. The lowest BCUT2D eigenvalue weighted by atomic mass is 10.1. The first-order valence-corrected chi connectivity index (χ1v) is 6.77. The Morgan fingerprint density at radius 1 is 1.33 bits per heavy atom. The molecule has 1 unspecified atom stereocenters. The Morgan fingerprint density at radius 2 is 2.00 bits per heavy atom. The number of benzene rings is 1. The summed E-state index contributed by atoms with van der Waals surface area (Å²) in [7, 11) is 0. The van der Waals surface area contributed by atoms with E-state index in [9.17, 15) is 13.2 Å². The smallest absolute Gasteiger partial charge is 0.382 e. The third-order valence-corrected chi connectivity index (χ3v) is 3.17. The Bertz CT molecular complexity index is 390. The van der Waals surface area contributed by atoms with Crippen LogP contribution in [0.5, 0.6) is 0 Å². The van der Waals surface area contributed by atoms with E-state index in [0.717, 1.165) is 25.3 Å². The van der Waals surface area contributed by atoms with Crippen LogP contribution >= 0.6 is 15.9 Å². The lowest BCUT2D eigenvalue weighted by Crippen LogP contribution is -2.18. The summed E-state index contributed by atoms with van der Waals surface area (Å²) in [4.78, 5) is 0. The van der Waals surface area contributed by atoms with Crippen LogP contribution in [0, 0.1) is 0 Å². The molecule has 0 fully saturated rings. The van der Waals surface area contributed by atoms with Gasteiger partial charge in [-0.1, -0.05) is 35.7 Å². The van der Waals surface area contributed by atoms with E-state index < -0.39 is 11.7 Å². The molecule has 0 bridgehead atoms. The van der Waals surface area contributed by atoms with Gasteiger partial charge in [0, 0.05) is 16.2 Å². The highest BCUT2D eigenvalue weighted by atomic mass is 79.9. The first kappa shape index (κ1) is 15.3. The Labute approximate surface area is 114 Å². The molecule has 0 heterocycles. The van der Waals surface area contributed by atoms with Crippen molar-refractivity contribution in [3.63, 3.8) is 0 Å². The number of anilines is 1. The number of halogens is 4. The molecule has 0 aliphatic heterocycles. The summed E-state index contributed by atoms with van der Waals surface area (Å²) >= 11 is 3.20. The van der Waals surface area contributed by atoms with E-state index in [-0.39, 0.29) is 11.7 Å². The molecule has 18 heavy (non-hydrogen) atoms. The molecule has 0 aliphatic rings. The molecule has 0 spiro atoms. The van der Waals surface area contributed by atoms with Crippen molar-refractivity contribution in [1.82, 2.24) is 0 Å². The van der Waals surface area contributed by atoms with E-state index in [1.165, 1.54) is 12.1 Å². The maximum Gasteiger partial charge on any atom is 0.418 e. The van der Waals surface area contributed by atoms with Crippen LogP contribution in [0.2, 0.25) is 0 Å². The van der Waals surface area contributed by atoms with Gasteiger partial charge in [-0.15, -0.1) is 0 Å². The number of nitrogens with one attached hydrogen (secondary N) is 1. The van der Waals surface area contributed by atoms with Gasteiger partial charge in [-0.3, -0.25) is 0 Å². The molecular weight excluding hydrogens is 307 g/mol. The Morgan fingerprint density at radius 3 is 2.56 bits per heavy atom. The summed E-state index contributed by atoms with van der Waals surface area (Å²) in [6.45, 7) is 3.96. The molecular formula is C13H17BrF3N. The van der Waals surface area contributed by atoms with E-state index in [1.807, 2.05) is 6.92 Å². The maximum atomic E-state index is 12.8. The van der Waals surface area contributed by atoms with E-state index in [2.05, 4.69) is 28.2 Å². The predicted molar refractivity (Wildman–Crippen MR) is 71.8 cm³/mol.